The maximum Gasteiger partial charge on any atom is 0.472 e. The van der Waals surface area contributed by atoms with Gasteiger partial charge in [0.1, 0.15) is 6.04 Å². The number of hydrogen-bond donors (Lipinski definition) is 6. The molecule has 1 aromatic carbocycles. The summed E-state index contributed by atoms with van der Waals surface area (Å²) in [5.74, 6) is -3.44. The molecule has 1 aromatic heterocycles. The molecule has 0 bridgehead atoms. The van der Waals surface area contributed by atoms with Crippen molar-refractivity contribution in [3.63, 3.8) is 0 Å². The number of nitrogens with one attached hydrogen (secondary N) is 1. The summed E-state index contributed by atoms with van der Waals surface area (Å²) >= 11 is 1.02. The maximum absolute atomic E-state index is 12.4. The molecule has 210 valence electrons. The summed E-state index contributed by atoms with van der Waals surface area (Å²) in [5.41, 5.74) is 9.53. The Morgan fingerprint density at radius 1 is 1.16 bits per heavy atom. The molecule has 0 spiro atoms. The molecule has 0 saturated heterocycles. The van der Waals surface area contributed by atoms with Crippen LogP contribution in [0.15, 0.2) is 40.5 Å². The minimum atomic E-state index is -4.65. The number of phosphoric ester groups is 1. The second-order valence-electron chi connectivity index (χ2n) is 9.11. The summed E-state index contributed by atoms with van der Waals surface area (Å²) < 4.78 is 23.3. The van der Waals surface area contributed by atoms with Crippen molar-refractivity contribution in [2.75, 3.05) is 25.5 Å². The smallest absolute Gasteiger partial charge is 0.472 e. The Morgan fingerprint density at radius 3 is 2.39 bits per heavy atom. The summed E-state index contributed by atoms with van der Waals surface area (Å²) in [6, 6.07) is 4.19. The first-order valence-corrected chi connectivity index (χ1v) is 13.8. The summed E-state index contributed by atoms with van der Waals surface area (Å²) in [4.78, 5) is 49.9. The van der Waals surface area contributed by atoms with E-state index in [2.05, 4.69) is 10.3 Å². The zero-order chi connectivity index (χ0) is 28.7. The van der Waals surface area contributed by atoms with E-state index in [1.807, 2.05) is 0 Å². The molecule has 2 unspecified atom stereocenters. The highest BCUT2D eigenvalue weighted by atomic mass is 32.2. The molecule has 0 saturated carbocycles. The number of guanidine groups is 1. The third-order valence-corrected chi connectivity index (χ3v) is 7.22. The first-order chi connectivity index (χ1) is 17.6. The van der Waals surface area contributed by atoms with E-state index in [1.165, 1.54) is 10.8 Å². The number of carbonyl (C=O) groups excluding carboxylic acids is 1. The quantitative estimate of drug-likeness (QED) is 0.0619. The van der Waals surface area contributed by atoms with Crippen LogP contribution in [-0.2, 0) is 28.0 Å². The Labute approximate surface area is 223 Å². The summed E-state index contributed by atoms with van der Waals surface area (Å²) in [6.45, 7) is 3.73. The Kier molecular flexibility index (Phi) is 10.7. The number of nitrogens with two attached hydrogens (primary N) is 2. The van der Waals surface area contributed by atoms with Crippen LogP contribution in [0.5, 0.6) is 0 Å². The highest BCUT2D eigenvalue weighted by molar-refractivity contribution is 7.99. The van der Waals surface area contributed by atoms with Crippen LogP contribution in [0.2, 0.25) is 0 Å². The van der Waals surface area contributed by atoms with E-state index < -0.39 is 49.8 Å². The molecule has 14 nitrogen and oxygen atoms in total. The molecule has 1 amide bonds. The Morgan fingerprint density at radius 2 is 1.82 bits per heavy atom. The molecule has 2 aromatic rings. The van der Waals surface area contributed by atoms with Crippen molar-refractivity contribution in [2.24, 2.45) is 21.9 Å². The number of hydrogen-bond acceptors (Lipinski definition) is 8. The number of thioether (sulfide) groups is 1. The maximum atomic E-state index is 12.4. The third-order valence-electron chi connectivity index (χ3n) is 5.03. The third kappa shape index (κ3) is 9.03. The molecule has 38 heavy (non-hydrogen) atoms. The second-order valence-corrected chi connectivity index (χ2v) is 11.6. The first-order valence-electron chi connectivity index (χ1n) is 11.3. The summed E-state index contributed by atoms with van der Waals surface area (Å²) in [6.07, 6.45) is 1.52. The Balaban J connectivity index is 2.29. The summed E-state index contributed by atoms with van der Waals surface area (Å²) in [5, 5.41) is 23.7. The molecule has 3 atom stereocenters. The van der Waals surface area contributed by atoms with Crippen molar-refractivity contribution in [3.05, 3.63) is 30.5 Å². The minimum absolute atomic E-state index is 0.112. The standard InChI is InChI=1S/C22H32N5O9PS/c1-22(2,3)20(32)26-15(18(28)29)12-38-17-14-7-5-4-6-13(14)10-27(17)16(19(30)31)11-36-37(33,34)35-9-8-25-21(23)24/h4-7,10,15-16H,8-9,11-12H2,1-3H3,(H,26,32)(H,28,29)(H,30,31)(H,33,34)(H4,23,24,25)/t15-,16?/m0/s1. The number of carbonyl (C=O) groups is 3. The van der Waals surface area contributed by atoms with Gasteiger partial charge in [-0.15, -0.1) is 11.8 Å². The van der Waals surface area contributed by atoms with Gasteiger partial charge in [0, 0.05) is 28.1 Å². The van der Waals surface area contributed by atoms with E-state index in [9.17, 15) is 34.1 Å². The molecule has 1 heterocycles. The van der Waals surface area contributed by atoms with Gasteiger partial charge in [-0.25, -0.2) is 14.2 Å². The fourth-order valence-corrected chi connectivity index (χ4v) is 4.99. The van der Waals surface area contributed by atoms with Crippen molar-refractivity contribution in [3.8, 4) is 0 Å². The molecule has 16 heteroatoms. The van der Waals surface area contributed by atoms with Gasteiger partial charge in [0.2, 0.25) is 5.91 Å². The molecular formula is C22H32N5O9PS. The number of carboxylic acids is 2. The average Bonchev–Trinajstić information content (AvgIpc) is 3.16. The topological polar surface area (TPSA) is 229 Å². The number of nitrogens with zero attached hydrogens (tertiary/aromatic N) is 2. The number of aliphatic carboxylic acids is 2. The molecular weight excluding hydrogens is 541 g/mol. The van der Waals surface area contributed by atoms with Crippen LogP contribution in [-0.4, -0.2) is 75.0 Å². The normalized spacial score (nSPS) is 14.8. The second kappa shape index (κ2) is 13.1. The monoisotopic (exact) mass is 573 g/mol. The molecule has 0 radical (unpaired) electrons. The highest BCUT2D eigenvalue weighted by Gasteiger charge is 2.31. The molecule has 0 aliphatic rings. The van der Waals surface area contributed by atoms with Crippen molar-refractivity contribution in [2.45, 2.75) is 37.9 Å². The molecule has 8 N–H and O–H groups in total. The van der Waals surface area contributed by atoms with Crippen LogP contribution in [0, 0.1) is 5.41 Å². The number of benzene rings is 1. The lowest BCUT2D eigenvalue weighted by Gasteiger charge is -2.23. The molecule has 2 rings (SSSR count). The van der Waals surface area contributed by atoms with Gasteiger partial charge in [-0.1, -0.05) is 45.0 Å². The van der Waals surface area contributed by atoms with Gasteiger partial charge < -0.3 is 36.5 Å². The SMILES string of the molecule is CC(C)(C)C(=O)N[C@@H](CSc1c2ccccc2cn1C(COP(=O)(O)OCCN=C(N)N)C(=O)O)C(=O)O. The number of aliphatic imine (C=N–C) groups is 1. The number of rotatable bonds is 14. The zero-order valence-electron chi connectivity index (χ0n) is 21.1. The van der Waals surface area contributed by atoms with Crippen LogP contribution >= 0.6 is 19.6 Å². The Bertz CT molecular complexity index is 1240. The zero-order valence-corrected chi connectivity index (χ0v) is 22.8. The van der Waals surface area contributed by atoms with Gasteiger partial charge in [-0.05, 0) is 0 Å². The number of amides is 1. The van der Waals surface area contributed by atoms with Gasteiger partial charge in [-0.3, -0.25) is 18.8 Å². The van der Waals surface area contributed by atoms with E-state index in [0.29, 0.717) is 15.8 Å². The summed E-state index contributed by atoms with van der Waals surface area (Å²) in [7, 11) is -4.65. The van der Waals surface area contributed by atoms with Crippen molar-refractivity contribution in [1.82, 2.24) is 9.88 Å². The van der Waals surface area contributed by atoms with Crippen LogP contribution in [0.3, 0.4) is 0 Å². The first kappa shape index (κ1) is 31.1. The lowest BCUT2D eigenvalue weighted by atomic mass is 9.95. The number of carboxylic acid groups (broad SMARTS) is 2. The largest absolute Gasteiger partial charge is 0.480 e. The van der Waals surface area contributed by atoms with Crippen LogP contribution in [0.1, 0.15) is 26.8 Å². The average molecular weight is 574 g/mol. The van der Waals surface area contributed by atoms with E-state index in [4.69, 9.17) is 20.5 Å². The fourth-order valence-electron chi connectivity index (χ4n) is 3.05. The minimum Gasteiger partial charge on any atom is -0.480 e. The molecule has 0 aliphatic heterocycles. The lowest BCUT2D eigenvalue weighted by molar-refractivity contribution is -0.143. The van der Waals surface area contributed by atoms with Gasteiger partial charge in [0.05, 0.1) is 24.8 Å². The Hall–Kier alpha value is -3.10. The van der Waals surface area contributed by atoms with Gasteiger partial charge in [0.15, 0.2) is 12.0 Å². The molecule has 0 fully saturated rings. The molecule has 0 aliphatic carbocycles. The van der Waals surface area contributed by atoms with Gasteiger partial charge in [0.25, 0.3) is 0 Å². The lowest BCUT2D eigenvalue weighted by Crippen LogP contribution is -2.47. The van der Waals surface area contributed by atoms with Crippen LogP contribution < -0.4 is 16.8 Å². The van der Waals surface area contributed by atoms with Crippen molar-refractivity contribution < 1.29 is 43.1 Å². The number of phosphoric acid groups is 1. The van der Waals surface area contributed by atoms with E-state index in [1.54, 1.807) is 45.0 Å². The van der Waals surface area contributed by atoms with E-state index in [-0.39, 0.29) is 24.9 Å². The fraction of sp³-hybridized carbons (Fsp3) is 0.455. The van der Waals surface area contributed by atoms with Crippen molar-refractivity contribution >= 4 is 54.2 Å². The predicted octanol–water partition coefficient (Wildman–Crippen LogP) is 1.38. The van der Waals surface area contributed by atoms with Crippen LogP contribution in [0.4, 0.5) is 0 Å². The highest BCUT2D eigenvalue weighted by Crippen LogP contribution is 2.44. The van der Waals surface area contributed by atoms with Crippen molar-refractivity contribution in [1.29, 1.82) is 0 Å². The van der Waals surface area contributed by atoms with E-state index >= 15 is 0 Å². The number of fused-ring (bicyclic) bond motifs is 1. The number of aromatic nitrogens is 1. The van der Waals surface area contributed by atoms with E-state index in [0.717, 1.165) is 11.8 Å². The predicted molar refractivity (Wildman–Crippen MR) is 141 cm³/mol. The van der Waals surface area contributed by atoms with Gasteiger partial charge >= 0.3 is 19.8 Å². The van der Waals surface area contributed by atoms with Gasteiger partial charge in [-0.2, -0.15) is 0 Å². The van der Waals surface area contributed by atoms with Crippen LogP contribution in [0.25, 0.3) is 10.8 Å².